The van der Waals surface area contributed by atoms with Crippen molar-refractivity contribution in [1.82, 2.24) is 0 Å². The Morgan fingerprint density at radius 3 is 2.32 bits per heavy atom. The Balaban J connectivity index is 2.03. The van der Waals surface area contributed by atoms with Gasteiger partial charge in [-0.3, -0.25) is 0 Å². The number of aryl methyl sites for hydroxylation is 1. The zero-order valence-corrected chi connectivity index (χ0v) is 12.9. The van der Waals surface area contributed by atoms with Gasteiger partial charge in [0.1, 0.15) is 0 Å². The zero-order chi connectivity index (χ0) is 14.0. The summed E-state index contributed by atoms with van der Waals surface area (Å²) >= 11 is 0. The fraction of sp³-hybridized carbons (Fsp3) is 0.667. The minimum Gasteiger partial charge on any atom is -0.327 e. The first-order chi connectivity index (χ1) is 8.86. The molecule has 0 saturated heterocycles. The summed E-state index contributed by atoms with van der Waals surface area (Å²) in [5, 5.41) is 0. The Morgan fingerprint density at radius 1 is 1.11 bits per heavy atom. The van der Waals surface area contributed by atoms with Crippen LogP contribution in [0.2, 0.25) is 0 Å². The van der Waals surface area contributed by atoms with Crippen molar-refractivity contribution in [3.05, 3.63) is 35.4 Å². The van der Waals surface area contributed by atoms with Crippen LogP contribution in [0.3, 0.4) is 0 Å². The molecule has 0 bridgehead atoms. The Hall–Kier alpha value is -0.820. The van der Waals surface area contributed by atoms with Crippen LogP contribution in [0.1, 0.15) is 51.2 Å². The first kappa shape index (κ1) is 14.6. The molecule has 0 amide bonds. The molecule has 0 aromatic heterocycles. The fourth-order valence-electron chi connectivity index (χ4n) is 3.34. The van der Waals surface area contributed by atoms with Crippen LogP contribution in [-0.4, -0.2) is 6.04 Å². The van der Waals surface area contributed by atoms with E-state index in [2.05, 4.69) is 52.0 Å². The third kappa shape index (κ3) is 3.82. The molecule has 0 radical (unpaired) electrons. The van der Waals surface area contributed by atoms with E-state index in [1.54, 1.807) is 0 Å². The number of hydrogen-bond donors (Lipinski definition) is 1. The van der Waals surface area contributed by atoms with Crippen LogP contribution in [0.25, 0.3) is 0 Å². The minimum atomic E-state index is 0.389. The van der Waals surface area contributed by atoms with Gasteiger partial charge in [0, 0.05) is 6.04 Å². The summed E-state index contributed by atoms with van der Waals surface area (Å²) in [5.74, 6) is 1.48. The smallest absolute Gasteiger partial charge is 0.00705 e. The van der Waals surface area contributed by atoms with Gasteiger partial charge in [-0.05, 0) is 55.4 Å². The van der Waals surface area contributed by atoms with Crippen molar-refractivity contribution in [1.29, 1.82) is 0 Å². The lowest BCUT2D eigenvalue weighted by Gasteiger charge is -2.40. The summed E-state index contributed by atoms with van der Waals surface area (Å²) < 4.78 is 0. The number of hydrogen-bond acceptors (Lipinski definition) is 1. The molecule has 106 valence electrons. The molecule has 19 heavy (non-hydrogen) atoms. The van der Waals surface area contributed by atoms with E-state index in [9.17, 15) is 0 Å². The lowest BCUT2D eigenvalue weighted by Crippen LogP contribution is -2.40. The van der Waals surface area contributed by atoms with Crippen LogP contribution in [-0.2, 0) is 6.42 Å². The van der Waals surface area contributed by atoms with E-state index in [1.807, 2.05) is 0 Å². The first-order valence-corrected chi connectivity index (χ1v) is 7.67. The van der Waals surface area contributed by atoms with Gasteiger partial charge in [0.05, 0.1) is 0 Å². The maximum Gasteiger partial charge on any atom is 0.00705 e. The van der Waals surface area contributed by atoms with Crippen molar-refractivity contribution in [2.75, 3.05) is 0 Å². The third-order valence-corrected chi connectivity index (χ3v) is 4.88. The Kier molecular flexibility index (Phi) is 4.35. The van der Waals surface area contributed by atoms with E-state index >= 15 is 0 Å². The summed E-state index contributed by atoms with van der Waals surface area (Å²) in [6.07, 6.45) is 4.93. The van der Waals surface area contributed by atoms with E-state index in [0.717, 1.165) is 12.3 Å². The molecular formula is C18H29N. The average Bonchev–Trinajstić information content (AvgIpc) is 2.33. The molecule has 2 rings (SSSR count). The van der Waals surface area contributed by atoms with Gasteiger partial charge in [-0.1, -0.05) is 50.6 Å². The van der Waals surface area contributed by atoms with Gasteiger partial charge in [-0.2, -0.15) is 0 Å². The molecule has 0 spiro atoms. The van der Waals surface area contributed by atoms with E-state index in [-0.39, 0.29) is 0 Å². The maximum absolute atomic E-state index is 6.36. The highest BCUT2D eigenvalue weighted by molar-refractivity contribution is 5.22. The summed E-state index contributed by atoms with van der Waals surface area (Å²) in [5.41, 5.74) is 9.57. The highest BCUT2D eigenvalue weighted by atomic mass is 14.7. The molecule has 1 saturated carbocycles. The SMILES string of the molecule is Cc1ccc(CC2CC(C(C)(C)C)CCC2N)cc1. The molecular weight excluding hydrogens is 230 g/mol. The summed E-state index contributed by atoms with van der Waals surface area (Å²) in [7, 11) is 0. The number of rotatable bonds is 2. The van der Waals surface area contributed by atoms with Gasteiger partial charge in [-0.15, -0.1) is 0 Å². The molecule has 2 N–H and O–H groups in total. The van der Waals surface area contributed by atoms with Crippen molar-refractivity contribution in [2.24, 2.45) is 23.0 Å². The molecule has 1 aromatic rings. The second kappa shape index (κ2) is 5.66. The van der Waals surface area contributed by atoms with Crippen molar-refractivity contribution >= 4 is 0 Å². The van der Waals surface area contributed by atoms with Crippen molar-refractivity contribution in [2.45, 2.75) is 59.4 Å². The number of nitrogens with two attached hydrogens (primary N) is 1. The molecule has 1 aromatic carbocycles. The van der Waals surface area contributed by atoms with Gasteiger partial charge >= 0.3 is 0 Å². The van der Waals surface area contributed by atoms with Crippen LogP contribution in [0.4, 0.5) is 0 Å². The molecule has 3 unspecified atom stereocenters. The van der Waals surface area contributed by atoms with Crippen LogP contribution in [0.15, 0.2) is 24.3 Å². The topological polar surface area (TPSA) is 26.0 Å². The molecule has 1 aliphatic rings. The molecule has 0 aliphatic heterocycles. The quantitative estimate of drug-likeness (QED) is 0.840. The Labute approximate surface area is 118 Å². The first-order valence-electron chi connectivity index (χ1n) is 7.67. The average molecular weight is 259 g/mol. The molecule has 1 heteroatoms. The standard InChI is InChI=1S/C18H29N/c1-13-5-7-14(8-6-13)11-15-12-16(18(2,3)4)9-10-17(15)19/h5-8,15-17H,9-12,19H2,1-4H3. The molecule has 1 nitrogen and oxygen atoms in total. The van der Waals surface area contributed by atoms with E-state index < -0.39 is 0 Å². The number of benzene rings is 1. The Bertz CT molecular complexity index is 399. The predicted molar refractivity (Wildman–Crippen MR) is 83.1 cm³/mol. The van der Waals surface area contributed by atoms with E-state index in [4.69, 9.17) is 5.73 Å². The molecule has 1 fully saturated rings. The van der Waals surface area contributed by atoms with Gasteiger partial charge in [0.2, 0.25) is 0 Å². The monoisotopic (exact) mass is 259 g/mol. The minimum absolute atomic E-state index is 0.389. The summed E-state index contributed by atoms with van der Waals surface area (Å²) in [6, 6.07) is 9.35. The highest BCUT2D eigenvalue weighted by Crippen LogP contribution is 2.40. The maximum atomic E-state index is 6.36. The lowest BCUT2D eigenvalue weighted by molar-refractivity contribution is 0.127. The van der Waals surface area contributed by atoms with Gasteiger partial charge < -0.3 is 5.73 Å². The zero-order valence-electron chi connectivity index (χ0n) is 12.9. The van der Waals surface area contributed by atoms with Gasteiger partial charge in [0.15, 0.2) is 0 Å². The van der Waals surface area contributed by atoms with Crippen LogP contribution in [0.5, 0.6) is 0 Å². The van der Waals surface area contributed by atoms with Crippen LogP contribution < -0.4 is 5.73 Å². The van der Waals surface area contributed by atoms with Gasteiger partial charge in [0.25, 0.3) is 0 Å². The predicted octanol–water partition coefficient (Wildman–Crippen LogP) is 4.33. The molecule has 0 heterocycles. The Morgan fingerprint density at radius 2 is 1.74 bits per heavy atom. The van der Waals surface area contributed by atoms with Crippen molar-refractivity contribution in [3.8, 4) is 0 Å². The van der Waals surface area contributed by atoms with Crippen LogP contribution >= 0.6 is 0 Å². The normalized spacial score (nSPS) is 28.4. The largest absolute Gasteiger partial charge is 0.327 e. The molecule has 3 atom stereocenters. The van der Waals surface area contributed by atoms with E-state index in [0.29, 0.717) is 17.4 Å². The van der Waals surface area contributed by atoms with E-state index in [1.165, 1.54) is 30.4 Å². The van der Waals surface area contributed by atoms with Gasteiger partial charge in [-0.25, -0.2) is 0 Å². The second-order valence-corrected chi connectivity index (χ2v) is 7.49. The third-order valence-electron chi connectivity index (χ3n) is 4.88. The summed E-state index contributed by atoms with van der Waals surface area (Å²) in [6.45, 7) is 9.26. The second-order valence-electron chi connectivity index (χ2n) is 7.49. The fourth-order valence-corrected chi connectivity index (χ4v) is 3.34. The van der Waals surface area contributed by atoms with Crippen molar-refractivity contribution in [3.63, 3.8) is 0 Å². The van der Waals surface area contributed by atoms with Crippen molar-refractivity contribution < 1.29 is 0 Å². The molecule has 1 aliphatic carbocycles. The van der Waals surface area contributed by atoms with Crippen LogP contribution in [0, 0.1) is 24.2 Å². The summed E-state index contributed by atoms with van der Waals surface area (Å²) in [4.78, 5) is 0. The highest BCUT2D eigenvalue weighted by Gasteiger charge is 2.34. The lowest BCUT2D eigenvalue weighted by atomic mass is 9.66.